The van der Waals surface area contributed by atoms with Crippen LogP contribution in [-0.4, -0.2) is 52.9 Å². The molecule has 29 heavy (non-hydrogen) atoms. The number of hydrogen-bond donors (Lipinski definition) is 2. The summed E-state index contributed by atoms with van der Waals surface area (Å²) < 4.78 is 5.09. The average Bonchev–Trinajstić information content (AvgIpc) is 3.18. The van der Waals surface area contributed by atoms with Crippen LogP contribution in [-0.2, 0) is 4.79 Å². The number of carbonyl (C=O) groups is 2. The van der Waals surface area contributed by atoms with Crippen LogP contribution in [0, 0.1) is 0 Å². The molecule has 2 N–H and O–H groups in total. The zero-order valence-electron chi connectivity index (χ0n) is 15.6. The normalized spacial score (nSPS) is 15.7. The zero-order valence-corrected chi connectivity index (χ0v) is 17.1. The monoisotopic (exact) mass is 435 g/mol. The van der Waals surface area contributed by atoms with E-state index in [1.807, 2.05) is 0 Å². The number of nitrogens with one attached hydrogen (secondary N) is 2. The van der Waals surface area contributed by atoms with Gasteiger partial charge in [-0.3, -0.25) is 9.59 Å². The number of aromatic nitrogens is 2. The van der Waals surface area contributed by atoms with Crippen molar-refractivity contribution in [1.29, 1.82) is 0 Å². The van der Waals surface area contributed by atoms with Crippen LogP contribution in [0.25, 0.3) is 0 Å². The van der Waals surface area contributed by atoms with Gasteiger partial charge in [0, 0.05) is 24.7 Å². The van der Waals surface area contributed by atoms with Gasteiger partial charge in [-0.05, 0) is 30.7 Å². The molecule has 0 aliphatic carbocycles. The van der Waals surface area contributed by atoms with Crippen molar-refractivity contribution in [2.75, 3.05) is 30.8 Å². The molecule has 2 amide bonds. The SMILES string of the molecule is C=CC(=O)Nc1ccc(C(=O)N2CCC(Nc3ncc(Cl)c(OC)n3)C2)cc1Cl. The van der Waals surface area contributed by atoms with Crippen LogP contribution in [0.15, 0.2) is 37.1 Å². The predicted molar refractivity (Wildman–Crippen MR) is 112 cm³/mol. The first-order valence-electron chi connectivity index (χ1n) is 8.76. The molecule has 0 spiro atoms. The highest BCUT2D eigenvalue weighted by Gasteiger charge is 2.28. The van der Waals surface area contributed by atoms with Gasteiger partial charge in [0.2, 0.25) is 17.7 Å². The van der Waals surface area contributed by atoms with Crippen molar-refractivity contribution in [2.45, 2.75) is 12.5 Å². The number of benzene rings is 1. The third kappa shape index (κ3) is 4.96. The lowest BCUT2D eigenvalue weighted by Crippen LogP contribution is -2.31. The first kappa shape index (κ1) is 20.9. The molecule has 1 saturated heterocycles. The lowest BCUT2D eigenvalue weighted by atomic mass is 10.2. The van der Waals surface area contributed by atoms with E-state index in [1.54, 1.807) is 17.0 Å². The quantitative estimate of drug-likeness (QED) is 0.675. The smallest absolute Gasteiger partial charge is 0.253 e. The predicted octanol–water partition coefficient (Wildman–Crippen LogP) is 3.24. The molecule has 1 atom stereocenters. The van der Waals surface area contributed by atoms with Gasteiger partial charge in [-0.25, -0.2) is 4.98 Å². The van der Waals surface area contributed by atoms with E-state index in [0.717, 1.165) is 12.5 Å². The molecule has 2 aromatic rings. The van der Waals surface area contributed by atoms with Crippen LogP contribution in [0.3, 0.4) is 0 Å². The van der Waals surface area contributed by atoms with Gasteiger partial charge < -0.3 is 20.3 Å². The van der Waals surface area contributed by atoms with E-state index in [0.29, 0.717) is 35.3 Å². The molecule has 1 aromatic carbocycles. The Morgan fingerprint density at radius 3 is 2.83 bits per heavy atom. The lowest BCUT2D eigenvalue weighted by molar-refractivity contribution is -0.111. The minimum Gasteiger partial charge on any atom is -0.480 e. The summed E-state index contributed by atoms with van der Waals surface area (Å²) in [6, 6.07) is 4.75. The van der Waals surface area contributed by atoms with Gasteiger partial charge in [-0.1, -0.05) is 29.8 Å². The molecule has 0 bridgehead atoms. The van der Waals surface area contributed by atoms with Crippen LogP contribution >= 0.6 is 23.2 Å². The maximum atomic E-state index is 12.8. The number of nitrogens with zero attached hydrogens (tertiary/aromatic N) is 3. The Morgan fingerprint density at radius 1 is 1.34 bits per heavy atom. The van der Waals surface area contributed by atoms with Crippen LogP contribution < -0.4 is 15.4 Å². The van der Waals surface area contributed by atoms with Gasteiger partial charge >= 0.3 is 0 Å². The summed E-state index contributed by atoms with van der Waals surface area (Å²) in [6.07, 6.45) is 3.34. The fourth-order valence-electron chi connectivity index (χ4n) is 2.93. The Balaban J connectivity index is 1.64. The maximum absolute atomic E-state index is 12.8. The molecule has 1 aliphatic rings. The summed E-state index contributed by atoms with van der Waals surface area (Å²) in [6.45, 7) is 4.45. The van der Waals surface area contributed by atoms with Crippen LogP contribution in [0.2, 0.25) is 10.0 Å². The van der Waals surface area contributed by atoms with E-state index in [-0.39, 0.29) is 28.8 Å². The van der Waals surface area contributed by atoms with E-state index in [1.165, 1.54) is 19.4 Å². The molecule has 1 aromatic heterocycles. The lowest BCUT2D eigenvalue weighted by Gasteiger charge is -2.18. The molecule has 8 nitrogen and oxygen atoms in total. The number of likely N-dealkylation sites (tertiary alicyclic amines) is 1. The van der Waals surface area contributed by atoms with E-state index < -0.39 is 0 Å². The van der Waals surface area contributed by atoms with Crippen molar-refractivity contribution < 1.29 is 14.3 Å². The Hall–Kier alpha value is -2.84. The molecule has 1 aliphatic heterocycles. The number of ether oxygens (including phenoxy) is 1. The van der Waals surface area contributed by atoms with Crippen LogP contribution in [0.1, 0.15) is 16.8 Å². The summed E-state index contributed by atoms with van der Waals surface area (Å²) >= 11 is 12.1. The second-order valence-electron chi connectivity index (χ2n) is 6.32. The average molecular weight is 436 g/mol. The summed E-state index contributed by atoms with van der Waals surface area (Å²) in [5.41, 5.74) is 0.861. The van der Waals surface area contributed by atoms with E-state index >= 15 is 0 Å². The number of halogens is 2. The largest absolute Gasteiger partial charge is 0.480 e. The van der Waals surface area contributed by atoms with E-state index in [2.05, 4.69) is 27.2 Å². The molecule has 3 rings (SSSR count). The van der Waals surface area contributed by atoms with Gasteiger partial charge in [0.05, 0.1) is 24.0 Å². The third-order valence-electron chi connectivity index (χ3n) is 4.37. The number of amides is 2. The highest BCUT2D eigenvalue weighted by atomic mass is 35.5. The van der Waals surface area contributed by atoms with Gasteiger partial charge in [0.25, 0.3) is 5.91 Å². The minimum absolute atomic E-state index is 0.00791. The summed E-state index contributed by atoms with van der Waals surface area (Å²) in [5.74, 6) is 0.150. The topological polar surface area (TPSA) is 96.5 Å². The number of anilines is 2. The Bertz CT molecular complexity index is 953. The molecular formula is C19H19Cl2N5O3. The standard InChI is InChI=1S/C19H19Cl2N5O3/c1-3-16(27)24-15-5-4-11(8-13(15)20)18(28)26-7-6-12(10-26)23-19-22-9-14(21)17(25-19)29-2/h3-5,8-9,12H,1,6-7,10H2,2H3,(H,24,27)(H,22,23,25). The van der Waals surface area contributed by atoms with Crippen molar-refractivity contribution in [3.63, 3.8) is 0 Å². The number of carbonyl (C=O) groups excluding carboxylic acids is 2. The first-order chi connectivity index (χ1) is 13.9. The second-order valence-corrected chi connectivity index (χ2v) is 7.13. The van der Waals surface area contributed by atoms with Crippen molar-refractivity contribution in [3.8, 4) is 5.88 Å². The molecule has 0 radical (unpaired) electrons. The van der Waals surface area contributed by atoms with E-state index in [9.17, 15) is 9.59 Å². The number of rotatable bonds is 6. The first-order valence-corrected chi connectivity index (χ1v) is 9.52. The van der Waals surface area contributed by atoms with Crippen molar-refractivity contribution in [2.24, 2.45) is 0 Å². The summed E-state index contributed by atoms with van der Waals surface area (Å²) in [7, 11) is 1.48. The van der Waals surface area contributed by atoms with Gasteiger partial charge in [0.15, 0.2) is 0 Å². The van der Waals surface area contributed by atoms with Gasteiger partial charge in [-0.15, -0.1) is 0 Å². The minimum atomic E-state index is -0.375. The molecule has 1 fully saturated rings. The number of methoxy groups -OCH3 is 1. The highest BCUT2D eigenvalue weighted by molar-refractivity contribution is 6.34. The van der Waals surface area contributed by atoms with Crippen molar-refractivity contribution in [1.82, 2.24) is 14.9 Å². The fourth-order valence-corrected chi connectivity index (χ4v) is 3.32. The number of hydrogen-bond acceptors (Lipinski definition) is 6. The molecular weight excluding hydrogens is 417 g/mol. The highest BCUT2D eigenvalue weighted by Crippen LogP contribution is 2.26. The van der Waals surface area contributed by atoms with Crippen molar-refractivity contribution in [3.05, 3.63) is 52.7 Å². The Labute approximate surface area is 177 Å². The van der Waals surface area contributed by atoms with Gasteiger partial charge in [-0.2, -0.15) is 4.98 Å². The second kappa shape index (κ2) is 9.11. The van der Waals surface area contributed by atoms with Crippen LogP contribution in [0.5, 0.6) is 5.88 Å². The molecule has 1 unspecified atom stereocenters. The fraction of sp³-hybridized carbons (Fsp3) is 0.263. The van der Waals surface area contributed by atoms with Crippen LogP contribution in [0.4, 0.5) is 11.6 Å². The Morgan fingerprint density at radius 2 is 2.14 bits per heavy atom. The summed E-state index contributed by atoms with van der Waals surface area (Å²) in [5, 5.41) is 6.38. The van der Waals surface area contributed by atoms with Crippen molar-refractivity contribution >= 4 is 46.7 Å². The molecule has 0 saturated carbocycles. The molecule has 152 valence electrons. The van der Waals surface area contributed by atoms with E-state index in [4.69, 9.17) is 27.9 Å². The van der Waals surface area contributed by atoms with Gasteiger partial charge in [0.1, 0.15) is 5.02 Å². The summed E-state index contributed by atoms with van der Waals surface area (Å²) in [4.78, 5) is 34.3. The zero-order chi connectivity index (χ0) is 21.0. The molecule has 10 heteroatoms. The molecule has 2 heterocycles. The third-order valence-corrected chi connectivity index (χ3v) is 4.95. The maximum Gasteiger partial charge on any atom is 0.253 e. The Kier molecular flexibility index (Phi) is 6.56.